The summed E-state index contributed by atoms with van der Waals surface area (Å²) in [6.45, 7) is 2.88. The summed E-state index contributed by atoms with van der Waals surface area (Å²) in [5.74, 6) is -4.12. The van der Waals surface area contributed by atoms with E-state index in [9.17, 15) is 37.1 Å². The van der Waals surface area contributed by atoms with Crippen LogP contribution in [0.1, 0.15) is 58.7 Å². The normalized spacial score (nSPS) is 20.2. The summed E-state index contributed by atoms with van der Waals surface area (Å²) >= 11 is 0. The van der Waals surface area contributed by atoms with E-state index in [1.165, 1.54) is 38.4 Å². The Morgan fingerprint density at radius 1 is 1.06 bits per heavy atom. The van der Waals surface area contributed by atoms with E-state index in [4.69, 9.17) is 4.18 Å². The molecule has 250 valence electrons. The molecule has 0 saturated heterocycles. The number of carbonyl (C=O) groups excluding carboxylic acids is 3. The number of aromatic nitrogens is 2. The van der Waals surface area contributed by atoms with E-state index in [1.807, 2.05) is 6.92 Å². The van der Waals surface area contributed by atoms with Crippen molar-refractivity contribution < 1.29 is 36.5 Å². The van der Waals surface area contributed by atoms with Crippen LogP contribution in [0.4, 0.5) is 4.39 Å². The molecule has 1 aliphatic carbocycles. The van der Waals surface area contributed by atoms with E-state index in [0.29, 0.717) is 11.1 Å². The molecule has 2 aromatic carbocycles. The van der Waals surface area contributed by atoms with Gasteiger partial charge < -0.3 is 20.6 Å². The molecule has 1 fully saturated rings. The molecule has 15 heteroatoms. The SMILES string of the molecule is Cc1ccc(S(=O)(=O)OCC23CCC(NC(=O)C(=O)N(C)C)(CC2)c2nc(C(=O)NCc4ccc(F)c(C)c4)c(O)c(=O)n2C3)cc1. The van der Waals surface area contributed by atoms with Crippen LogP contribution in [0.3, 0.4) is 0 Å². The van der Waals surface area contributed by atoms with Crippen LogP contribution in [-0.4, -0.2) is 66.4 Å². The minimum absolute atomic E-state index is 0.0314. The average Bonchev–Trinajstić information content (AvgIpc) is 3.25. The van der Waals surface area contributed by atoms with Crippen LogP contribution in [0.15, 0.2) is 52.2 Å². The first-order valence-electron chi connectivity index (χ1n) is 14.9. The number of hydrogen-bond acceptors (Lipinski definition) is 9. The molecule has 47 heavy (non-hydrogen) atoms. The summed E-state index contributed by atoms with van der Waals surface area (Å²) in [5, 5.41) is 16.3. The number of nitrogens with zero attached hydrogens (tertiary/aromatic N) is 3. The Morgan fingerprint density at radius 3 is 2.34 bits per heavy atom. The van der Waals surface area contributed by atoms with Crippen LogP contribution < -0.4 is 16.2 Å². The number of carbonyl (C=O) groups is 3. The van der Waals surface area contributed by atoms with Crippen molar-refractivity contribution in [3.05, 3.63) is 86.8 Å². The van der Waals surface area contributed by atoms with Crippen molar-refractivity contribution in [2.24, 2.45) is 5.41 Å². The lowest BCUT2D eigenvalue weighted by atomic mass is 9.69. The summed E-state index contributed by atoms with van der Waals surface area (Å²) in [4.78, 5) is 58.2. The third-order valence-corrected chi connectivity index (χ3v) is 10.2. The second-order valence-electron chi connectivity index (χ2n) is 12.6. The first kappa shape index (κ1) is 33.7. The highest BCUT2D eigenvalue weighted by molar-refractivity contribution is 7.86. The lowest BCUT2D eigenvalue weighted by molar-refractivity contribution is -0.145. The van der Waals surface area contributed by atoms with Gasteiger partial charge in [-0.15, -0.1) is 0 Å². The van der Waals surface area contributed by atoms with E-state index in [2.05, 4.69) is 15.6 Å². The number of nitrogens with one attached hydrogen (secondary N) is 2. The zero-order valence-corrected chi connectivity index (χ0v) is 27.2. The molecule has 1 aromatic heterocycles. The zero-order valence-electron chi connectivity index (χ0n) is 26.4. The predicted octanol–water partition coefficient (Wildman–Crippen LogP) is 2.01. The Bertz CT molecular complexity index is 1920. The van der Waals surface area contributed by atoms with Crippen molar-refractivity contribution in [1.82, 2.24) is 25.1 Å². The monoisotopic (exact) mass is 669 g/mol. The van der Waals surface area contributed by atoms with Crippen molar-refractivity contribution in [2.45, 2.75) is 63.1 Å². The lowest BCUT2D eigenvalue weighted by Gasteiger charge is -2.41. The molecule has 0 radical (unpaired) electrons. The molecule has 0 atom stereocenters. The van der Waals surface area contributed by atoms with Gasteiger partial charge in [-0.25, -0.2) is 9.37 Å². The summed E-state index contributed by atoms with van der Waals surface area (Å²) in [6, 6.07) is 10.4. The van der Waals surface area contributed by atoms with Gasteiger partial charge in [0, 0.05) is 32.6 Å². The fraction of sp³-hybridized carbons (Fsp3) is 0.406. The molecular weight excluding hydrogens is 633 g/mol. The number of aromatic hydroxyl groups is 1. The minimum atomic E-state index is -4.17. The van der Waals surface area contributed by atoms with Gasteiger partial charge in [-0.05, 0) is 68.9 Å². The smallest absolute Gasteiger partial charge is 0.311 e. The van der Waals surface area contributed by atoms with E-state index in [0.717, 1.165) is 15.0 Å². The first-order chi connectivity index (χ1) is 22.1. The maximum atomic E-state index is 13.7. The number of rotatable bonds is 8. The second kappa shape index (κ2) is 12.5. The number of fused-ring (bicyclic) bond motifs is 2. The number of hydrogen-bond donors (Lipinski definition) is 3. The van der Waals surface area contributed by atoms with Crippen molar-refractivity contribution in [1.29, 1.82) is 0 Å². The van der Waals surface area contributed by atoms with Gasteiger partial charge in [0.05, 0.1) is 17.0 Å². The van der Waals surface area contributed by atoms with Gasteiger partial charge in [0.15, 0.2) is 5.69 Å². The molecule has 0 unspecified atom stereocenters. The number of amides is 3. The van der Waals surface area contributed by atoms with Gasteiger partial charge in [-0.1, -0.05) is 29.8 Å². The Labute approximate surface area is 270 Å². The predicted molar refractivity (Wildman–Crippen MR) is 166 cm³/mol. The number of aryl methyl sites for hydroxylation is 2. The molecule has 3 aliphatic rings. The van der Waals surface area contributed by atoms with Gasteiger partial charge in [0.1, 0.15) is 11.6 Å². The molecule has 0 spiro atoms. The quantitative estimate of drug-likeness (QED) is 0.239. The lowest BCUT2D eigenvalue weighted by Crippen LogP contribution is -2.54. The van der Waals surface area contributed by atoms with E-state index < -0.39 is 61.6 Å². The standard InChI is InChI=1S/C32H36FN5O8S/c1-19-5-8-22(9-6-19)47(44,45)46-18-31-11-13-32(14-12-31,36-27(41)29(43)37(3)4)30-35-24(25(39)28(42)38(30)17-31)26(40)34-16-21-7-10-23(33)20(2)15-21/h5-10,15,39H,11-14,16-18H2,1-4H3,(H,34,40)(H,36,41). The molecule has 3 N–H and O–H groups in total. The fourth-order valence-electron chi connectivity index (χ4n) is 6.04. The summed E-state index contributed by atoms with van der Waals surface area (Å²) in [6.07, 6.45) is 0.755. The highest BCUT2D eigenvalue weighted by Crippen LogP contribution is 2.50. The maximum Gasteiger partial charge on any atom is 0.311 e. The largest absolute Gasteiger partial charge is 0.501 e. The molecule has 2 bridgehead atoms. The molecule has 6 rings (SSSR count). The third-order valence-electron chi connectivity index (χ3n) is 8.90. The van der Waals surface area contributed by atoms with E-state index in [1.54, 1.807) is 25.1 Å². The van der Waals surface area contributed by atoms with Gasteiger partial charge in [-0.2, -0.15) is 8.42 Å². The number of halogens is 1. The van der Waals surface area contributed by atoms with Crippen molar-refractivity contribution in [3.63, 3.8) is 0 Å². The average molecular weight is 670 g/mol. The van der Waals surface area contributed by atoms with Crippen molar-refractivity contribution in [3.8, 4) is 5.75 Å². The molecular formula is C32H36FN5O8S. The Morgan fingerprint density at radius 2 is 1.72 bits per heavy atom. The fourth-order valence-corrected chi connectivity index (χ4v) is 7.05. The van der Waals surface area contributed by atoms with Crippen LogP contribution in [-0.2, 0) is 42.5 Å². The highest BCUT2D eigenvalue weighted by Gasteiger charge is 2.52. The van der Waals surface area contributed by atoms with Crippen LogP contribution in [0, 0.1) is 25.1 Å². The molecule has 2 aliphatic heterocycles. The van der Waals surface area contributed by atoms with Gasteiger partial charge in [0.25, 0.3) is 21.6 Å². The molecule has 13 nitrogen and oxygen atoms in total. The van der Waals surface area contributed by atoms with Crippen molar-refractivity contribution in [2.75, 3.05) is 20.7 Å². The maximum absolute atomic E-state index is 13.7. The summed E-state index contributed by atoms with van der Waals surface area (Å²) in [7, 11) is -1.35. The van der Waals surface area contributed by atoms with Crippen molar-refractivity contribution >= 4 is 27.8 Å². The van der Waals surface area contributed by atoms with Crippen LogP contribution >= 0.6 is 0 Å². The molecule has 1 saturated carbocycles. The number of benzene rings is 2. The molecule has 3 amide bonds. The molecule has 3 heterocycles. The van der Waals surface area contributed by atoms with Crippen LogP contribution in [0.5, 0.6) is 5.75 Å². The Balaban J connectivity index is 1.51. The number of likely N-dealkylation sites (N-methyl/N-ethyl adjacent to an activating group) is 1. The van der Waals surface area contributed by atoms with Gasteiger partial charge >= 0.3 is 11.8 Å². The minimum Gasteiger partial charge on any atom is -0.501 e. The second-order valence-corrected chi connectivity index (χ2v) is 14.2. The Hall–Kier alpha value is -4.63. The van der Waals surface area contributed by atoms with Gasteiger partial charge in [-0.3, -0.25) is 27.9 Å². The highest BCUT2D eigenvalue weighted by atomic mass is 32.2. The van der Waals surface area contributed by atoms with Crippen LogP contribution in [0.2, 0.25) is 0 Å². The summed E-state index contributed by atoms with van der Waals surface area (Å²) in [5.41, 5.74) is -2.12. The van der Waals surface area contributed by atoms with Crippen LogP contribution in [0.25, 0.3) is 0 Å². The first-order valence-corrected chi connectivity index (χ1v) is 16.3. The molecule has 3 aromatic rings. The Kier molecular flexibility index (Phi) is 8.99. The topological polar surface area (TPSA) is 177 Å². The summed E-state index contributed by atoms with van der Waals surface area (Å²) < 4.78 is 46.5. The van der Waals surface area contributed by atoms with Gasteiger partial charge in [0.2, 0.25) is 5.75 Å². The van der Waals surface area contributed by atoms with E-state index >= 15 is 0 Å². The zero-order chi connectivity index (χ0) is 34.3. The van der Waals surface area contributed by atoms with E-state index in [-0.39, 0.29) is 56.1 Å². The third kappa shape index (κ3) is 6.63.